The minimum atomic E-state index is 0.0193. The lowest BCUT2D eigenvalue weighted by Crippen LogP contribution is -2.38. The van der Waals surface area contributed by atoms with E-state index in [1.165, 1.54) is 10.1 Å². The standard InChI is InChI=1S/C26H22N6OS/c33-26(31-11-4-3-8-23(31)19-7-5-10-27-16-19)21-12-20(13-22(14-21)32-17-28-29-30-32)25-15-18-6-1-2-9-24(18)34-25/h1-2,5-7,9-10,12-17,23H,3-4,8,11H2. The van der Waals surface area contributed by atoms with Crippen LogP contribution in [0.3, 0.4) is 0 Å². The number of carbonyl (C=O) groups is 1. The van der Waals surface area contributed by atoms with E-state index < -0.39 is 0 Å². The number of amides is 1. The van der Waals surface area contributed by atoms with E-state index in [0.717, 1.165) is 47.5 Å². The van der Waals surface area contributed by atoms with Crippen molar-refractivity contribution in [1.82, 2.24) is 30.1 Å². The molecule has 1 amide bonds. The maximum Gasteiger partial charge on any atom is 0.254 e. The Labute approximate surface area is 200 Å². The molecule has 8 heteroatoms. The molecule has 0 radical (unpaired) electrons. The lowest BCUT2D eigenvalue weighted by molar-refractivity contribution is 0.0611. The Balaban J connectivity index is 1.44. The van der Waals surface area contributed by atoms with E-state index in [-0.39, 0.29) is 11.9 Å². The minimum absolute atomic E-state index is 0.0193. The highest BCUT2D eigenvalue weighted by atomic mass is 32.1. The second-order valence-corrected chi connectivity index (χ2v) is 9.55. The molecule has 3 aromatic heterocycles. The van der Waals surface area contributed by atoms with E-state index >= 15 is 0 Å². The zero-order valence-corrected chi connectivity index (χ0v) is 19.2. The van der Waals surface area contributed by atoms with Crippen LogP contribution in [0.2, 0.25) is 0 Å². The number of pyridine rings is 1. The fraction of sp³-hybridized carbons (Fsp3) is 0.192. The van der Waals surface area contributed by atoms with Crippen molar-refractivity contribution in [3.8, 4) is 16.1 Å². The average molecular weight is 467 g/mol. The Morgan fingerprint density at radius 3 is 2.79 bits per heavy atom. The maximum atomic E-state index is 13.9. The highest BCUT2D eigenvalue weighted by molar-refractivity contribution is 7.22. The van der Waals surface area contributed by atoms with Gasteiger partial charge in [0.15, 0.2) is 0 Å². The first-order chi connectivity index (χ1) is 16.8. The number of thiophene rings is 1. The number of rotatable bonds is 4. The summed E-state index contributed by atoms with van der Waals surface area (Å²) in [4.78, 5) is 21.3. The molecule has 1 saturated heterocycles. The van der Waals surface area contributed by atoms with Crippen LogP contribution in [0.5, 0.6) is 0 Å². The Morgan fingerprint density at radius 1 is 1.03 bits per heavy atom. The lowest BCUT2D eigenvalue weighted by atomic mass is 9.95. The molecule has 1 atom stereocenters. The smallest absolute Gasteiger partial charge is 0.254 e. The monoisotopic (exact) mass is 466 g/mol. The summed E-state index contributed by atoms with van der Waals surface area (Å²) >= 11 is 1.72. The predicted octanol–water partition coefficient (Wildman–Crippen LogP) is 5.31. The van der Waals surface area contributed by atoms with Gasteiger partial charge in [-0.2, -0.15) is 0 Å². The van der Waals surface area contributed by atoms with Gasteiger partial charge in [0.2, 0.25) is 0 Å². The Bertz CT molecular complexity index is 1410. The highest BCUT2D eigenvalue weighted by Gasteiger charge is 2.29. The summed E-state index contributed by atoms with van der Waals surface area (Å²) in [7, 11) is 0. The Hall–Kier alpha value is -3.91. The second-order valence-electron chi connectivity index (χ2n) is 8.47. The van der Waals surface area contributed by atoms with Gasteiger partial charge in [0.1, 0.15) is 6.33 Å². The van der Waals surface area contributed by atoms with Crippen LogP contribution in [0.1, 0.15) is 41.2 Å². The summed E-state index contributed by atoms with van der Waals surface area (Å²) in [6.45, 7) is 0.728. The third-order valence-corrected chi connectivity index (χ3v) is 7.49. The number of fused-ring (bicyclic) bond motifs is 1. The van der Waals surface area contributed by atoms with Gasteiger partial charge in [0, 0.05) is 34.1 Å². The predicted molar refractivity (Wildman–Crippen MR) is 132 cm³/mol. The fourth-order valence-corrected chi connectivity index (χ4v) is 5.72. The Morgan fingerprint density at radius 2 is 1.97 bits per heavy atom. The molecule has 1 aliphatic rings. The highest BCUT2D eigenvalue weighted by Crippen LogP contribution is 2.36. The number of hydrogen-bond acceptors (Lipinski definition) is 6. The maximum absolute atomic E-state index is 13.9. The van der Waals surface area contributed by atoms with Crippen molar-refractivity contribution >= 4 is 27.3 Å². The van der Waals surface area contributed by atoms with Crippen LogP contribution in [0.15, 0.2) is 79.4 Å². The van der Waals surface area contributed by atoms with Gasteiger partial charge in [0.25, 0.3) is 5.91 Å². The molecular weight excluding hydrogens is 444 g/mol. The molecule has 0 N–H and O–H groups in total. The van der Waals surface area contributed by atoms with E-state index in [2.05, 4.69) is 44.8 Å². The number of hydrogen-bond donors (Lipinski definition) is 0. The number of carbonyl (C=O) groups excluding carboxylic acids is 1. The number of aromatic nitrogens is 5. The van der Waals surface area contributed by atoms with Crippen molar-refractivity contribution in [1.29, 1.82) is 0 Å². The summed E-state index contributed by atoms with van der Waals surface area (Å²) in [6, 6.07) is 20.4. The first-order valence-electron chi connectivity index (χ1n) is 11.3. The van der Waals surface area contributed by atoms with Gasteiger partial charge < -0.3 is 4.90 Å². The van der Waals surface area contributed by atoms with E-state index in [4.69, 9.17) is 0 Å². The number of likely N-dealkylation sites (tertiary alicyclic amines) is 1. The molecule has 4 heterocycles. The van der Waals surface area contributed by atoms with Crippen LogP contribution < -0.4 is 0 Å². The molecule has 0 saturated carbocycles. The van der Waals surface area contributed by atoms with Gasteiger partial charge in [-0.05, 0) is 82.6 Å². The van der Waals surface area contributed by atoms with Crippen molar-refractivity contribution in [3.05, 3.63) is 90.5 Å². The van der Waals surface area contributed by atoms with Gasteiger partial charge >= 0.3 is 0 Å². The topological polar surface area (TPSA) is 76.8 Å². The van der Waals surface area contributed by atoms with Crippen molar-refractivity contribution < 1.29 is 4.79 Å². The van der Waals surface area contributed by atoms with Crippen molar-refractivity contribution in [3.63, 3.8) is 0 Å². The average Bonchev–Trinajstić information content (AvgIpc) is 3.59. The molecule has 1 aliphatic heterocycles. The number of piperidine rings is 1. The summed E-state index contributed by atoms with van der Waals surface area (Å²) < 4.78 is 2.81. The number of benzene rings is 2. The van der Waals surface area contributed by atoms with Crippen LogP contribution in [0, 0.1) is 0 Å². The largest absolute Gasteiger partial charge is 0.332 e. The lowest BCUT2D eigenvalue weighted by Gasteiger charge is -2.36. The first kappa shape index (κ1) is 20.7. The molecule has 1 fully saturated rings. The SMILES string of the molecule is O=C(c1cc(-c2cc3ccccc3s2)cc(-n2cnnn2)c1)N1CCCCC1c1cccnc1. The molecule has 5 aromatic rings. The van der Waals surface area contributed by atoms with Crippen LogP contribution in [0.25, 0.3) is 26.2 Å². The van der Waals surface area contributed by atoms with Gasteiger partial charge in [-0.25, -0.2) is 4.68 Å². The van der Waals surface area contributed by atoms with E-state index in [0.29, 0.717) is 5.56 Å². The Kier molecular flexibility index (Phi) is 5.35. The third kappa shape index (κ3) is 3.86. The van der Waals surface area contributed by atoms with E-state index in [1.807, 2.05) is 47.5 Å². The molecule has 6 rings (SSSR count). The molecular formula is C26H22N6OS. The summed E-state index contributed by atoms with van der Waals surface area (Å²) in [5.41, 5.74) is 3.46. The normalized spacial score (nSPS) is 16.1. The van der Waals surface area contributed by atoms with Crippen LogP contribution in [-0.2, 0) is 0 Å². The van der Waals surface area contributed by atoms with E-state index in [1.54, 1.807) is 28.5 Å². The summed E-state index contributed by atoms with van der Waals surface area (Å²) in [5, 5.41) is 12.8. The summed E-state index contributed by atoms with van der Waals surface area (Å²) in [6.07, 6.45) is 8.23. The fourth-order valence-electron chi connectivity index (χ4n) is 4.67. The number of nitrogens with zero attached hydrogens (tertiary/aromatic N) is 6. The number of tetrazole rings is 1. The van der Waals surface area contributed by atoms with Crippen molar-refractivity contribution in [2.24, 2.45) is 0 Å². The molecule has 0 spiro atoms. The molecule has 0 aliphatic carbocycles. The van der Waals surface area contributed by atoms with E-state index in [9.17, 15) is 4.79 Å². The van der Waals surface area contributed by atoms with Crippen LogP contribution in [0.4, 0.5) is 0 Å². The minimum Gasteiger partial charge on any atom is -0.332 e. The van der Waals surface area contributed by atoms with Crippen LogP contribution >= 0.6 is 11.3 Å². The molecule has 168 valence electrons. The molecule has 7 nitrogen and oxygen atoms in total. The molecule has 1 unspecified atom stereocenters. The zero-order chi connectivity index (χ0) is 22.9. The quantitative estimate of drug-likeness (QED) is 0.359. The second kappa shape index (κ2) is 8.79. The van der Waals surface area contributed by atoms with Gasteiger partial charge in [-0.1, -0.05) is 24.3 Å². The van der Waals surface area contributed by atoms with Gasteiger partial charge in [-0.3, -0.25) is 9.78 Å². The van der Waals surface area contributed by atoms with Gasteiger partial charge in [0.05, 0.1) is 11.7 Å². The van der Waals surface area contributed by atoms with Gasteiger partial charge in [-0.15, -0.1) is 16.4 Å². The zero-order valence-electron chi connectivity index (χ0n) is 18.4. The van der Waals surface area contributed by atoms with Crippen LogP contribution in [-0.4, -0.2) is 42.5 Å². The summed E-state index contributed by atoms with van der Waals surface area (Å²) in [5.74, 6) is 0.0193. The van der Waals surface area contributed by atoms with Crippen molar-refractivity contribution in [2.45, 2.75) is 25.3 Å². The van der Waals surface area contributed by atoms with Crippen molar-refractivity contribution in [2.75, 3.05) is 6.54 Å². The first-order valence-corrected chi connectivity index (χ1v) is 12.2. The molecule has 2 aromatic carbocycles. The third-order valence-electron chi connectivity index (χ3n) is 6.32. The molecule has 34 heavy (non-hydrogen) atoms. The molecule has 0 bridgehead atoms.